The molecule has 110 valence electrons. The van der Waals surface area contributed by atoms with Crippen molar-refractivity contribution in [3.05, 3.63) is 66.2 Å². The first kappa shape index (κ1) is 15.1. The zero-order valence-corrected chi connectivity index (χ0v) is 11.9. The van der Waals surface area contributed by atoms with Crippen LogP contribution in [0.15, 0.2) is 60.7 Å². The lowest BCUT2D eigenvalue weighted by Gasteiger charge is -2.20. The molecule has 2 N–H and O–H groups in total. The van der Waals surface area contributed by atoms with Crippen LogP contribution in [0.4, 0.5) is 0 Å². The molecule has 1 unspecified atom stereocenters. The fourth-order valence-corrected chi connectivity index (χ4v) is 1.97. The zero-order valence-electron chi connectivity index (χ0n) is 11.9. The number of hydrogen-bond acceptors (Lipinski definition) is 3. The van der Waals surface area contributed by atoms with Crippen LogP contribution in [-0.4, -0.2) is 23.7 Å². The summed E-state index contributed by atoms with van der Waals surface area (Å²) in [5, 5.41) is 12.2. The van der Waals surface area contributed by atoms with Gasteiger partial charge in [-0.1, -0.05) is 48.5 Å². The molecule has 0 bridgehead atoms. The van der Waals surface area contributed by atoms with Crippen molar-refractivity contribution in [3.8, 4) is 5.75 Å². The summed E-state index contributed by atoms with van der Waals surface area (Å²) in [6.45, 7) is 1.52. The third-order valence-corrected chi connectivity index (χ3v) is 3.13. The maximum atomic E-state index is 12.1. The van der Waals surface area contributed by atoms with Gasteiger partial charge in [-0.25, -0.2) is 0 Å². The molecule has 21 heavy (non-hydrogen) atoms. The summed E-state index contributed by atoms with van der Waals surface area (Å²) in [4.78, 5) is 12.1. The molecule has 0 aliphatic heterocycles. The minimum atomic E-state index is -0.634. The van der Waals surface area contributed by atoms with Crippen molar-refractivity contribution in [3.63, 3.8) is 0 Å². The van der Waals surface area contributed by atoms with E-state index in [-0.39, 0.29) is 12.5 Å². The van der Waals surface area contributed by atoms with E-state index < -0.39 is 12.1 Å². The van der Waals surface area contributed by atoms with Gasteiger partial charge in [0.1, 0.15) is 5.75 Å². The van der Waals surface area contributed by atoms with Gasteiger partial charge >= 0.3 is 0 Å². The van der Waals surface area contributed by atoms with Crippen LogP contribution in [0, 0.1) is 0 Å². The highest BCUT2D eigenvalue weighted by atomic mass is 16.5. The minimum absolute atomic E-state index is 0.159. The van der Waals surface area contributed by atoms with Crippen LogP contribution in [0.25, 0.3) is 0 Å². The number of nitrogens with one attached hydrogen (secondary N) is 1. The van der Waals surface area contributed by atoms with E-state index in [1.54, 1.807) is 19.1 Å². The summed E-state index contributed by atoms with van der Waals surface area (Å²) in [5.74, 6) is 0.377. The van der Waals surface area contributed by atoms with Crippen LogP contribution in [0.3, 0.4) is 0 Å². The molecule has 4 heteroatoms. The highest BCUT2D eigenvalue weighted by Gasteiger charge is 2.19. The van der Waals surface area contributed by atoms with Crippen molar-refractivity contribution in [1.82, 2.24) is 5.32 Å². The first-order chi connectivity index (χ1) is 10.2. The molecule has 0 radical (unpaired) electrons. The lowest BCUT2D eigenvalue weighted by atomic mass is 10.1. The smallest absolute Gasteiger partial charge is 0.261 e. The Morgan fingerprint density at radius 1 is 1.10 bits per heavy atom. The van der Waals surface area contributed by atoms with E-state index >= 15 is 0 Å². The van der Waals surface area contributed by atoms with E-state index in [1.165, 1.54) is 0 Å². The summed E-state index contributed by atoms with van der Waals surface area (Å²) in [5.41, 5.74) is 0.861. The second-order valence-corrected chi connectivity index (χ2v) is 4.73. The first-order valence-electron chi connectivity index (χ1n) is 6.88. The third kappa shape index (κ3) is 4.33. The molecule has 0 aromatic heterocycles. The van der Waals surface area contributed by atoms with Crippen molar-refractivity contribution >= 4 is 5.91 Å². The average Bonchev–Trinajstić information content (AvgIpc) is 2.54. The number of ether oxygens (including phenoxy) is 1. The van der Waals surface area contributed by atoms with E-state index in [9.17, 15) is 9.90 Å². The highest BCUT2D eigenvalue weighted by Crippen LogP contribution is 2.14. The van der Waals surface area contributed by atoms with Gasteiger partial charge in [-0.3, -0.25) is 4.79 Å². The van der Waals surface area contributed by atoms with Gasteiger partial charge in [0.05, 0.1) is 12.6 Å². The molecule has 2 rings (SSSR count). The molecule has 2 aromatic carbocycles. The second-order valence-electron chi connectivity index (χ2n) is 4.73. The molecule has 0 fully saturated rings. The van der Waals surface area contributed by atoms with Crippen molar-refractivity contribution in [2.75, 3.05) is 6.61 Å². The van der Waals surface area contributed by atoms with Crippen LogP contribution in [0.5, 0.6) is 5.75 Å². The second kappa shape index (κ2) is 7.45. The molecule has 0 heterocycles. The van der Waals surface area contributed by atoms with Crippen LogP contribution >= 0.6 is 0 Å². The van der Waals surface area contributed by atoms with Crippen LogP contribution in [0.2, 0.25) is 0 Å². The molecule has 1 amide bonds. The largest absolute Gasteiger partial charge is 0.481 e. The van der Waals surface area contributed by atoms with Gasteiger partial charge < -0.3 is 15.2 Å². The molecule has 0 aliphatic carbocycles. The van der Waals surface area contributed by atoms with Crippen LogP contribution < -0.4 is 10.1 Å². The van der Waals surface area contributed by atoms with Gasteiger partial charge in [0.15, 0.2) is 6.10 Å². The highest BCUT2D eigenvalue weighted by molar-refractivity contribution is 5.81. The van der Waals surface area contributed by atoms with Gasteiger partial charge in [-0.15, -0.1) is 0 Å². The van der Waals surface area contributed by atoms with Gasteiger partial charge in [0.25, 0.3) is 5.91 Å². The van der Waals surface area contributed by atoms with Gasteiger partial charge in [-0.05, 0) is 24.6 Å². The Labute approximate surface area is 124 Å². The van der Waals surface area contributed by atoms with Crippen molar-refractivity contribution in [2.45, 2.75) is 19.1 Å². The van der Waals surface area contributed by atoms with E-state index in [2.05, 4.69) is 5.32 Å². The standard InChI is InChI=1S/C17H19NO3/c1-13(21-15-10-6-3-7-11-15)17(20)18-16(12-19)14-8-4-2-5-9-14/h2-11,13,16,19H,12H2,1H3,(H,18,20)/t13?,16-/m0/s1. The summed E-state index contributed by atoms with van der Waals surface area (Å²) < 4.78 is 5.56. The Balaban J connectivity index is 1.96. The average molecular weight is 285 g/mol. The van der Waals surface area contributed by atoms with Crippen LogP contribution in [-0.2, 0) is 4.79 Å². The fraction of sp³-hybridized carbons (Fsp3) is 0.235. The lowest BCUT2D eigenvalue weighted by Crippen LogP contribution is -2.39. The Morgan fingerprint density at radius 2 is 1.67 bits per heavy atom. The number of amides is 1. The molecule has 0 saturated carbocycles. The Hall–Kier alpha value is -2.33. The summed E-state index contributed by atoms with van der Waals surface area (Å²) in [7, 11) is 0. The topological polar surface area (TPSA) is 58.6 Å². The van der Waals surface area contributed by atoms with Gasteiger partial charge in [0, 0.05) is 0 Å². The number of carbonyl (C=O) groups excluding carboxylic acids is 1. The quantitative estimate of drug-likeness (QED) is 0.856. The number of para-hydroxylation sites is 1. The third-order valence-electron chi connectivity index (χ3n) is 3.13. The predicted octanol–water partition coefficient (Wildman–Crippen LogP) is 2.30. The Bertz CT molecular complexity index is 557. The molecular weight excluding hydrogens is 266 g/mol. The maximum absolute atomic E-state index is 12.1. The molecule has 0 aliphatic rings. The SMILES string of the molecule is CC(Oc1ccccc1)C(=O)N[C@@H](CO)c1ccccc1. The van der Waals surface area contributed by atoms with E-state index in [1.807, 2.05) is 48.5 Å². The predicted molar refractivity (Wildman–Crippen MR) is 80.9 cm³/mol. The van der Waals surface area contributed by atoms with Gasteiger partial charge in [0.2, 0.25) is 0 Å². The number of rotatable bonds is 6. The van der Waals surface area contributed by atoms with E-state index in [4.69, 9.17) is 4.74 Å². The number of aliphatic hydroxyl groups excluding tert-OH is 1. The normalized spacial score (nSPS) is 13.2. The van der Waals surface area contributed by atoms with Gasteiger partial charge in [-0.2, -0.15) is 0 Å². The lowest BCUT2D eigenvalue weighted by molar-refractivity contribution is -0.128. The summed E-state index contributed by atoms with van der Waals surface area (Å²) in [6.07, 6.45) is -0.634. The summed E-state index contributed by atoms with van der Waals surface area (Å²) >= 11 is 0. The van der Waals surface area contributed by atoms with Crippen molar-refractivity contribution in [2.24, 2.45) is 0 Å². The maximum Gasteiger partial charge on any atom is 0.261 e. The van der Waals surface area contributed by atoms with Crippen molar-refractivity contribution < 1.29 is 14.6 Å². The molecule has 0 saturated heterocycles. The zero-order chi connectivity index (χ0) is 15.1. The monoisotopic (exact) mass is 285 g/mol. The minimum Gasteiger partial charge on any atom is -0.481 e. The number of benzene rings is 2. The summed E-state index contributed by atoms with van der Waals surface area (Å²) in [6, 6.07) is 18.1. The molecule has 4 nitrogen and oxygen atoms in total. The fourth-order valence-electron chi connectivity index (χ4n) is 1.97. The molecular formula is C17H19NO3. The van der Waals surface area contributed by atoms with E-state index in [0.29, 0.717) is 5.75 Å². The van der Waals surface area contributed by atoms with Crippen LogP contribution in [0.1, 0.15) is 18.5 Å². The molecule has 2 atom stereocenters. The Morgan fingerprint density at radius 3 is 2.24 bits per heavy atom. The Kier molecular flexibility index (Phi) is 5.35. The number of hydrogen-bond donors (Lipinski definition) is 2. The first-order valence-corrected chi connectivity index (χ1v) is 6.88. The molecule has 0 spiro atoms. The van der Waals surface area contributed by atoms with Crippen molar-refractivity contribution in [1.29, 1.82) is 0 Å². The van der Waals surface area contributed by atoms with E-state index in [0.717, 1.165) is 5.56 Å². The number of aliphatic hydroxyl groups is 1. The molecule has 2 aromatic rings. The number of carbonyl (C=O) groups is 1.